The van der Waals surface area contributed by atoms with Gasteiger partial charge in [0.15, 0.2) is 0 Å². The van der Waals surface area contributed by atoms with E-state index in [2.05, 4.69) is 41.1 Å². The molecule has 20 heavy (non-hydrogen) atoms. The number of aromatic nitrogens is 3. The van der Waals surface area contributed by atoms with Gasteiger partial charge in [-0.1, -0.05) is 33.6 Å². The molecule has 1 aliphatic heterocycles. The fourth-order valence-corrected chi connectivity index (χ4v) is 3.00. The average molecular weight is 279 g/mol. The Hall–Kier alpha value is -0.940. The summed E-state index contributed by atoms with van der Waals surface area (Å²) in [5, 5.41) is 7.93. The molecule has 1 aromatic rings. The van der Waals surface area contributed by atoms with E-state index in [0.717, 1.165) is 31.4 Å². The molecule has 2 heterocycles. The molecule has 1 aromatic heterocycles. The molecule has 1 saturated heterocycles. The minimum atomic E-state index is 0.598. The molecule has 0 bridgehead atoms. The first-order valence-electron chi connectivity index (χ1n) is 7.96. The van der Waals surface area contributed by atoms with Gasteiger partial charge in [-0.25, -0.2) is 4.98 Å². The first kappa shape index (κ1) is 15.4. The van der Waals surface area contributed by atoms with Crippen molar-refractivity contribution in [3.8, 4) is 0 Å². The number of nitrogens with one attached hydrogen (secondary N) is 1. The van der Waals surface area contributed by atoms with Gasteiger partial charge >= 0.3 is 0 Å². The van der Waals surface area contributed by atoms with Gasteiger partial charge in [-0.2, -0.15) is 5.10 Å². The van der Waals surface area contributed by atoms with Crippen LogP contribution in [0.3, 0.4) is 0 Å². The number of rotatable bonds is 6. The maximum atomic E-state index is 4.38. The van der Waals surface area contributed by atoms with E-state index < -0.39 is 0 Å². The second-order valence-electron chi connectivity index (χ2n) is 6.07. The summed E-state index contributed by atoms with van der Waals surface area (Å²) in [6, 6.07) is 1.22. The molecule has 1 N–H and O–H groups in total. The van der Waals surface area contributed by atoms with E-state index in [1.807, 2.05) is 11.7 Å². The molecule has 0 radical (unpaired) electrons. The van der Waals surface area contributed by atoms with Crippen LogP contribution in [0.1, 0.15) is 45.9 Å². The third kappa shape index (κ3) is 3.58. The number of aryl methyl sites for hydroxylation is 1. The van der Waals surface area contributed by atoms with Crippen molar-refractivity contribution < 1.29 is 0 Å². The van der Waals surface area contributed by atoms with Gasteiger partial charge in [0.1, 0.15) is 12.2 Å². The highest BCUT2D eigenvalue weighted by Crippen LogP contribution is 2.19. The zero-order chi connectivity index (χ0) is 14.5. The lowest BCUT2D eigenvalue weighted by atomic mass is 9.94. The molecule has 114 valence electrons. The summed E-state index contributed by atoms with van der Waals surface area (Å²) >= 11 is 0. The van der Waals surface area contributed by atoms with Crippen molar-refractivity contribution in [3.05, 3.63) is 12.2 Å². The standard InChI is InChI=1S/C15H29N5/c1-5-7-13-8-16-14(12(3)6-2)9-20(13)10-15-17-11-18-19(15)4/h11-14,16H,5-10H2,1-4H3. The van der Waals surface area contributed by atoms with Crippen molar-refractivity contribution in [1.29, 1.82) is 0 Å². The van der Waals surface area contributed by atoms with Gasteiger partial charge in [-0.3, -0.25) is 9.58 Å². The van der Waals surface area contributed by atoms with Crippen LogP contribution in [-0.4, -0.2) is 44.8 Å². The Balaban J connectivity index is 2.04. The van der Waals surface area contributed by atoms with Crippen molar-refractivity contribution in [3.63, 3.8) is 0 Å². The normalized spacial score (nSPS) is 25.8. The van der Waals surface area contributed by atoms with Crippen molar-refractivity contribution in [2.75, 3.05) is 13.1 Å². The van der Waals surface area contributed by atoms with Gasteiger partial charge in [0.05, 0.1) is 6.54 Å². The molecular formula is C15H29N5. The second kappa shape index (κ2) is 7.18. The topological polar surface area (TPSA) is 46.0 Å². The van der Waals surface area contributed by atoms with E-state index in [1.165, 1.54) is 19.3 Å². The summed E-state index contributed by atoms with van der Waals surface area (Å²) in [6.07, 6.45) is 5.36. The summed E-state index contributed by atoms with van der Waals surface area (Å²) in [5.74, 6) is 1.79. The Morgan fingerprint density at radius 3 is 2.85 bits per heavy atom. The number of piperazine rings is 1. The highest BCUT2D eigenvalue weighted by molar-refractivity contribution is 4.92. The molecule has 0 saturated carbocycles. The van der Waals surface area contributed by atoms with Gasteiger partial charge in [0.25, 0.3) is 0 Å². The zero-order valence-electron chi connectivity index (χ0n) is 13.3. The van der Waals surface area contributed by atoms with Gasteiger partial charge < -0.3 is 5.32 Å². The average Bonchev–Trinajstić information content (AvgIpc) is 2.85. The van der Waals surface area contributed by atoms with Crippen LogP contribution in [0.5, 0.6) is 0 Å². The van der Waals surface area contributed by atoms with Crippen LogP contribution in [-0.2, 0) is 13.6 Å². The number of nitrogens with zero attached hydrogens (tertiary/aromatic N) is 4. The molecule has 0 aliphatic carbocycles. The van der Waals surface area contributed by atoms with E-state index in [-0.39, 0.29) is 0 Å². The molecule has 3 unspecified atom stereocenters. The Morgan fingerprint density at radius 1 is 1.45 bits per heavy atom. The van der Waals surface area contributed by atoms with Crippen LogP contribution < -0.4 is 5.32 Å². The van der Waals surface area contributed by atoms with Crippen LogP contribution in [0.4, 0.5) is 0 Å². The Morgan fingerprint density at radius 2 is 2.25 bits per heavy atom. The fourth-order valence-electron chi connectivity index (χ4n) is 3.00. The molecule has 0 amide bonds. The van der Waals surface area contributed by atoms with Crippen molar-refractivity contribution in [1.82, 2.24) is 25.0 Å². The third-order valence-corrected chi connectivity index (χ3v) is 4.67. The second-order valence-corrected chi connectivity index (χ2v) is 6.07. The first-order chi connectivity index (χ1) is 9.65. The van der Waals surface area contributed by atoms with Gasteiger partial charge in [-0.15, -0.1) is 0 Å². The molecule has 5 nitrogen and oxygen atoms in total. The Bertz CT molecular complexity index is 403. The first-order valence-corrected chi connectivity index (χ1v) is 7.96. The van der Waals surface area contributed by atoms with Gasteiger partial charge in [0.2, 0.25) is 0 Å². The summed E-state index contributed by atoms with van der Waals surface area (Å²) in [5.41, 5.74) is 0. The Labute approximate surface area is 122 Å². The van der Waals surface area contributed by atoms with E-state index >= 15 is 0 Å². The SMILES string of the molecule is CCCC1CNC(C(C)CC)CN1Cc1ncnn1C. The lowest BCUT2D eigenvalue weighted by Gasteiger charge is -2.42. The lowest BCUT2D eigenvalue weighted by molar-refractivity contribution is 0.0923. The quantitative estimate of drug-likeness (QED) is 0.862. The summed E-state index contributed by atoms with van der Waals surface area (Å²) in [7, 11) is 1.98. The monoisotopic (exact) mass is 279 g/mol. The predicted molar refractivity (Wildman–Crippen MR) is 81.4 cm³/mol. The number of hydrogen-bond acceptors (Lipinski definition) is 4. The van der Waals surface area contributed by atoms with E-state index in [1.54, 1.807) is 6.33 Å². The fraction of sp³-hybridized carbons (Fsp3) is 0.867. The van der Waals surface area contributed by atoms with Crippen molar-refractivity contribution >= 4 is 0 Å². The smallest absolute Gasteiger partial charge is 0.140 e. The highest BCUT2D eigenvalue weighted by Gasteiger charge is 2.30. The molecule has 0 spiro atoms. The van der Waals surface area contributed by atoms with E-state index in [4.69, 9.17) is 0 Å². The van der Waals surface area contributed by atoms with E-state index in [9.17, 15) is 0 Å². The van der Waals surface area contributed by atoms with E-state index in [0.29, 0.717) is 12.1 Å². The molecule has 2 rings (SSSR count). The maximum absolute atomic E-state index is 4.38. The largest absolute Gasteiger partial charge is 0.311 e. The van der Waals surface area contributed by atoms with Gasteiger partial charge in [0, 0.05) is 32.2 Å². The van der Waals surface area contributed by atoms with Crippen LogP contribution in [0.25, 0.3) is 0 Å². The maximum Gasteiger partial charge on any atom is 0.140 e. The minimum absolute atomic E-state index is 0.598. The summed E-state index contributed by atoms with van der Waals surface area (Å²) in [6.45, 7) is 10.0. The van der Waals surface area contributed by atoms with Gasteiger partial charge in [-0.05, 0) is 12.3 Å². The molecule has 1 aliphatic rings. The molecule has 3 atom stereocenters. The van der Waals surface area contributed by atoms with Crippen LogP contribution in [0, 0.1) is 5.92 Å². The summed E-state index contributed by atoms with van der Waals surface area (Å²) in [4.78, 5) is 6.98. The number of hydrogen-bond donors (Lipinski definition) is 1. The van der Waals surface area contributed by atoms with Crippen LogP contribution in [0.15, 0.2) is 6.33 Å². The summed E-state index contributed by atoms with van der Waals surface area (Å²) < 4.78 is 1.89. The molecule has 0 aromatic carbocycles. The lowest BCUT2D eigenvalue weighted by Crippen LogP contribution is -2.58. The minimum Gasteiger partial charge on any atom is -0.311 e. The highest BCUT2D eigenvalue weighted by atomic mass is 15.3. The Kier molecular flexibility index (Phi) is 5.54. The van der Waals surface area contributed by atoms with Crippen LogP contribution >= 0.6 is 0 Å². The zero-order valence-corrected chi connectivity index (χ0v) is 13.3. The van der Waals surface area contributed by atoms with Crippen molar-refractivity contribution in [2.45, 2.75) is 58.7 Å². The van der Waals surface area contributed by atoms with Crippen LogP contribution in [0.2, 0.25) is 0 Å². The third-order valence-electron chi connectivity index (χ3n) is 4.67. The molecular weight excluding hydrogens is 250 g/mol. The molecule has 1 fully saturated rings. The van der Waals surface area contributed by atoms with Crippen molar-refractivity contribution in [2.24, 2.45) is 13.0 Å². The predicted octanol–water partition coefficient (Wildman–Crippen LogP) is 1.80. The molecule has 5 heteroatoms.